The van der Waals surface area contributed by atoms with E-state index < -0.39 is 0 Å². The Morgan fingerprint density at radius 3 is 2.48 bits per heavy atom. The summed E-state index contributed by atoms with van der Waals surface area (Å²) in [5, 5.41) is 11.3. The molecule has 0 bridgehead atoms. The quantitative estimate of drug-likeness (QED) is 0.847. The summed E-state index contributed by atoms with van der Waals surface area (Å²) in [7, 11) is 0. The minimum absolute atomic E-state index is 0.0423. The Labute approximate surface area is 125 Å². The van der Waals surface area contributed by atoms with Crippen molar-refractivity contribution >= 4 is 5.91 Å². The minimum Gasteiger partial charge on any atom is -0.351 e. The van der Waals surface area contributed by atoms with E-state index in [1.165, 1.54) is 5.56 Å². The van der Waals surface area contributed by atoms with Crippen LogP contribution in [0.4, 0.5) is 0 Å². The standard InChI is InChI=1S/C16H22N4O/c1-13(2)15(12-20-17-10-11-18-20)19-16(21)9-8-14-6-4-3-5-7-14/h3-7,10-11,13,15H,8-9,12H2,1-2H3,(H,19,21)/t15-/m0/s1. The zero-order valence-electron chi connectivity index (χ0n) is 12.6. The first kappa shape index (κ1) is 15.2. The van der Waals surface area contributed by atoms with Crippen molar-refractivity contribution in [3.63, 3.8) is 0 Å². The molecular weight excluding hydrogens is 264 g/mol. The van der Waals surface area contributed by atoms with Crippen LogP contribution in [0.25, 0.3) is 0 Å². The Kier molecular flexibility index (Phi) is 5.49. The van der Waals surface area contributed by atoms with Gasteiger partial charge in [-0.1, -0.05) is 44.2 Å². The number of rotatable bonds is 7. The SMILES string of the molecule is CC(C)[C@H](Cn1nccn1)NC(=O)CCc1ccccc1. The van der Waals surface area contributed by atoms with Crippen LogP contribution in [0.5, 0.6) is 0 Å². The Balaban J connectivity index is 1.83. The van der Waals surface area contributed by atoms with E-state index in [1.807, 2.05) is 30.3 Å². The van der Waals surface area contributed by atoms with Crippen molar-refractivity contribution in [2.75, 3.05) is 0 Å². The van der Waals surface area contributed by atoms with Crippen LogP contribution >= 0.6 is 0 Å². The second kappa shape index (κ2) is 7.57. The molecule has 1 amide bonds. The molecular formula is C16H22N4O. The summed E-state index contributed by atoms with van der Waals surface area (Å²) in [6.07, 6.45) is 4.56. The van der Waals surface area contributed by atoms with E-state index >= 15 is 0 Å². The molecule has 5 heteroatoms. The maximum atomic E-state index is 12.1. The van der Waals surface area contributed by atoms with Crippen LogP contribution in [-0.2, 0) is 17.8 Å². The molecule has 0 saturated heterocycles. The number of aryl methyl sites for hydroxylation is 1. The second-order valence-corrected chi connectivity index (χ2v) is 5.49. The third-order valence-corrected chi connectivity index (χ3v) is 3.46. The van der Waals surface area contributed by atoms with Crippen molar-refractivity contribution in [3.05, 3.63) is 48.3 Å². The molecule has 0 saturated carbocycles. The molecule has 0 radical (unpaired) electrons. The molecule has 0 aliphatic carbocycles. The van der Waals surface area contributed by atoms with E-state index in [2.05, 4.69) is 29.4 Å². The summed E-state index contributed by atoms with van der Waals surface area (Å²) in [5.74, 6) is 0.404. The molecule has 2 aromatic rings. The molecule has 5 nitrogen and oxygen atoms in total. The van der Waals surface area contributed by atoms with Crippen LogP contribution in [0, 0.1) is 5.92 Å². The molecule has 1 N–H and O–H groups in total. The maximum Gasteiger partial charge on any atom is 0.220 e. The molecule has 0 spiro atoms. The summed E-state index contributed by atoms with van der Waals surface area (Å²) in [5.41, 5.74) is 1.18. The molecule has 0 unspecified atom stereocenters. The number of carbonyl (C=O) groups is 1. The highest BCUT2D eigenvalue weighted by Gasteiger charge is 2.17. The lowest BCUT2D eigenvalue weighted by Gasteiger charge is -2.21. The van der Waals surface area contributed by atoms with Crippen LogP contribution in [0.3, 0.4) is 0 Å². The van der Waals surface area contributed by atoms with Gasteiger partial charge in [-0.3, -0.25) is 4.79 Å². The zero-order chi connectivity index (χ0) is 15.1. The van der Waals surface area contributed by atoms with E-state index in [-0.39, 0.29) is 11.9 Å². The van der Waals surface area contributed by atoms with Crippen LogP contribution < -0.4 is 5.32 Å². The molecule has 1 aromatic carbocycles. The van der Waals surface area contributed by atoms with Crippen molar-refractivity contribution < 1.29 is 4.79 Å². The average molecular weight is 286 g/mol. The summed E-state index contributed by atoms with van der Waals surface area (Å²) in [6, 6.07) is 10.1. The van der Waals surface area contributed by atoms with Gasteiger partial charge in [-0.15, -0.1) is 0 Å². The first-order chi connectivity index (χ1) is 10.1. The van der Waals surface area contributed by atoms with Gasteiger partial charge >= 0.3 is 0 Å². The fourth-order valence-electron chi connectivity index (χ4n) is 2.12. The maximum absolute atomic E-state index is 12.1. The lowest BCUT2D eigenvalue weighted by atomic mass is 10.0. The van der Waals surface area contributed by atoms with E-state index in [1.54, 1.807) is 17.2 Å². The monoisotopic (exact) mass is 286 g/mol. The van der Waals surface area contributed by atoms with Crippen molar-refractivity contribution in [3.8, 4) is 0 Å². The largest absolute Gasteiger partial charge is 0.351 e. The summed E-state index contributed by atoms with van der Waals surface area (Å²) in [6.45, 7) is 4.78. The third-order valence-electron chi connectivity index (χ3n) is 3.46. The number of carbonyl (C=O) groups excluding carboxylic acids is 1. The van der Waals surface area contributed by atoms with Crippen LogP contribution in [-0.4, -0.2) is 26.9 Å². The van der Waals surface area contributed by atoms with E-state index in [0.717, 1.165) is 6.42 Å². The fourth-order valence-corrected chi connectivity index (χ4v) is 2.12. The summed E-state index contributed by atoms with van der Waals surface area (Å²) in [4.78, 5) is 13.7. The van der Waals surface area contributed by atoms with Gasteiger partial charge in [0.2, 0.25) is 5.91 Å². The molecule has 1 atom stereocenters. The van der Waals surface area contributed by atoms with Crippen molar-refractivity contribution in [2.45, 2.75) is 39.3 Å². The molecule has 2 rings (SSSR count). The fraction of sp³-hybridized carbons (Fsp3) is 0.438. The van der Waals surface area contributed by atoms with Gasteiger partial charge < -0.3 is 5.32 Å². The minimum atomic E-state index is 0.0423. The first-order valence-corrected chi connectivity index (χ1v) is 7.32. The van der Waals surface area contributed by atoms with E-state index in [0.29, 0.717) is 18.9 Å². The van der Waals surface area contributed by atoms with E-state index in [9.17, 15) is 4.79 Å². The molecule has 1 aromatic heterocycles. The number of hydrogen-bond acceptors (Lipinski definition) is 3. The highest BCUT2D eigenvalue weighted by molar-refractivity contribution is 5.76. The van der Waals surface area contributed by atoms with Crippen molar-refractivity contribution in [2.24, 2.45) is 5.92 Å². The molecule has 112 valence electrons. The third kappa shape index (κ3) is 5.02. The average Bonchev–Trinajstić information content (AvgIpc) is 2.98. The van der Waals surface area contributed by atoms with Crippen molar-refractivity contribution in [1.29, 1.82) is 0 Å². The molecule has 0 fully saturated rings. The molecule has 0 aliphatic heterocycles. The van der Waals surface area contributed by atoms with Crippen LogP contribution in [0.15, 0.2) is 42.7 Å². The van der Waals surface area contributed by atoms with Gasteiger partial charge in [-0.2, -0.15) is 15.0 Å². The Morgan fingerprint density at radius 1 is 1.19 bits per heavy atom. The van der Waals surface area contributed by atoms with E-state index in [4.69, 9.17) is 0 Å². The number of benzene rings is 1. The molecule has 21 heavy (non-hydrogen) atoms. The number of hydrogen-bond donors (Lipinski definition) is 1. The molecule has 0 aliphatic rings. The van der Waals surface area contributed by atoms with Gasteiger partial charge in [0.25, 0.3) is 0 Å². The first-order valence-electron chi connectivity index (χ1n) is 7.32. The lowest BCUT2D eigenvalue weighted by molar-refractivity contribution is -0.122. The van der Waals surface area contributed by atoms with Gasteiger partial charge in [0.1, 0.15) is 0 Å². The highest BCUT2D eigenvalue weighted by Crippen LogP contribution is 2.06. The Bertz CT molecular complexity index is 537. The van der Waals surface area contributed by atoms with Crippen LogP contribution in [0.1, 0.15) is 25.8 Å². The summed E-state index contributed by atoms with van der Waals surface area (Å²) >= 11 is 0. The predicted molar refractivity (Wildman–Crippen MR) is 81.6 cm³/mol. The number of nitrogens with zero attached hydrogens (tertiary/aromatic N) is 3. The lowest BCUT2D eigenvalue weighted by Crippen LogP contribution is -2.42. The highest BCUT2D eigenvalue weighted by atomic mass is 16.1. The van der Waals surface area contributed by atoms with Crippen molar-refractivity contribution in [1.82, 2.24) is 20.3 Å². The smallest absolute Gasteiger partial charge is 0.220 e. The normalized spacial score (nSPS) is 12.3. The zero-order valence-corrected chi connectivity index (χ0v) is 12.6. The second-order valence-electron chi connectivity index (χ2n) is 5.49. The number of aromatic nitrogens is 3. The van der Waals surface area contributed by atoms with Gasteiger partial charge in [0.05, 0.1) is 25.0 Å². The Hall–Kier alpha value is -2.17. The van der Waals surface area contributed by atoms with Crippen LogP contribution in [0.2, 0.25) is 0 Å². The topological polar surface area (TPSA) is 59.8 Å². The Morgan fingerprint density at radius 2 is 1.86 bits per heavy atom. The number of amides is 1. The molecule has 1 heterocycles. The number of nitrogens with one attached hydrogen (secondary N) is 1. The van der Waals surface area contributed by atoms with Gasteiger partial charge in [0.15, 0.2) is 0 Å². The van der Waals surface area contributed by atoms with Gasteiger partial charge in [-0.05, 0) is 17.9 Å². The predicted octanol–water partition coefficient (Wildman–Crippen LogP) is 2.05. The van der Waals surface area contributed by atoms with Gasteiger partial charge in [0, 0.05) is 6.42 Å². The summed E-state index contributed by atoms with van der Waals surface area (Å²) < 4.78 is 0. The van der Waals surface area contributed by atoms with Gasteiger partial charge in [-0.25, -0.2) is 0 Å².